The molecule has 0 aromatic heterocycles. The number of likely N-dealkylation sites (tertiary alicyclic amines) is 1. The van der Waals surface area contributed by atoms with E-state index in [1.54, 1.807) is 49.6 Å². The van der Waals surface area contributed by atoms with Gasteiger partial charge >= 0.3 is 0 Å². The lowest BCUT2D eigenvalue weighted by molar-refractivity contribution is -0.121. The van der Waals surface area contributed by atoms with Gasteiger partial charge in [0, 0.05) is 17.3 Å². The number of carbonyl (C=O) groups is 2. The van der Waals surface area contributed by atoms with Gasteiger partial charge in [-0.1, -0.05) is 24.1 Å². The summed E-state index contributed by atoms with van der Waals surface area (Å²) in [5.74, 6) is 3.34. The van der Waals surface area contributed by atoms with Crippen LogP contribution in [0.2, 0.25) is 0 Å². The van der Waals surface area contributed by atoms with Crippen LogP contribution in [0.3, 0.4) is 0 Å². The topological polar surface area (TPSA) is 79.9 Å². The minimum Gasteiger partial charge on any atom is -0.493 e. The van der Waals surface area contributed by atoms with Crippen LogP contribution in [0.15, 0.2) is 48.5 Å². The fourth-order valence-electron chi connectivity index (χ4n) is 3.48. The van der Waals surface area contributed by atoms with Gasteiger partial charge in [-0.3, -0.25) is 14.5 Å². The van der Waals surface area contributed by atoms with Gasteiger partial charge in [0.15, 0.2) is 18.1 Å². The molecule has 2 aromatic rings. The number of para-hydroxylation sites is 2. The minimum absolute atomic E-state index is 0.0108. The van der Waals surface area contributed by atoms with Crippen LogP contribution in [0.5, 0.6) is 11.5 Å². The fraction of sp³-hybridized carbons (Fsp3) is 0.333. The van der Waals surface area contributed by atoms with Crippen molar-refractivity contribution < 1.29 is 19.1 Å². The molecule has 1 fully saturated rings. The van der Waals surface area contributed by atoms with E-state index in [2.05, 4.69) is 21.5 Å². The van der Waals surface area contributed by atoms with E-state index in [0.29, 0.717) is 29.4 Å². The highest BCUT2D eigenvalue weighted by molar-refractivity contribution is 5.95. The first-order valence-corrected chi connectivity index (χ1v) is 10.2. The molecular weight excluding hydrogens is 394 g/mol. The van der Waals surface area contributed by atoms with Crippen LogP contribution in [-0.2, 0) is 9.59 Å². The average molecular weight is 421 g/mol. The molecule has 1 aliphatic rings. The number of benzene rings is 2. The Labute approximate surface area is 182 Å². The summed E-state index contributed by atoms with van der Waals surface area (Å²) in [5, 5.41) is 5.73. The molecule has 2 amide bonds. The summed E-state index contributed by atoms with van der Waals surface area (Å²) in [4.78, 5) is 27.0. The Kier molecular flexibility index (Phi) is 7.91. The number of amides is 2. The van der Waals surface area contributed by atoms with Crippen molar-refractivity contribution in [2.75, 3.05) is 44.0 Å². The summed E-state index contributed by atoms with van der Waals surface area (Å²) in [6.45, 7) is 2.11. The number of hydrogen-bond donors (Lipinski definition) is 2. The molecule has 162 valence electrons. The summed E-state index contributed by atoms with van der Waals surface area (Å²) >= 11 is 0. The van der Waals surface area contributed by atoms with Gasteiger partial charge in [0.25, 0.3) is 5.91 Å². The predicted octanol–water partition coefficient (Wildman–Crippen LogP) is 3.00. The molecule has 3 rings (SSSR count). The second-order valence-corrected chi connectivity index (χ2v) is 7.31. The monoisotopic (exact) mass is 421 g/mol. The third-order valence-electron chi connectivity index (χ3n) is 5.11. The number of rotatable bonds is 8. The average Bonchev–Trinajstić information content (AvgIpc) is 2.79. The van der Waals surface area contributed by atoms with Gasteiger partial charge in [-0.15, -0.1) is 6.42 Å². The van der Waals surface area contributed by atoms with Crippen molar-refractivity contribution in [3.05, 3.63) is 48.5 Å². The van der Waals surface area contributed by atoms with E-state index in [9.17, 15) is 9.59 Å². The molecule has 1 saturated heterocycles. The number of piperidine rings is 1. The largest absolute Gasteiger partial charge is 0.493 e. The second kappa shape index (κ2) is 11.0. The standard InChI is InChI=1S/C24H27N3O4/c1-3-13-27-14-11-18(12-15-27)24(29)26-20-8-6-7-19(16-20)25-23(28)17-31-22-10-5-4-9-21(22)30-2/h1,4-10,16,18H,11-15,17H2,2H3,(H,25,28)(H,26,29). The summed E-state index contributed by atoms with van der Waals surface area (Å²) in [7, 11) is 1.54. The number of hydrogen-bond acceptors (Lipinski definition) is 5. The van der Waals surface area contributed by atoms with Gasteiger partial charge in [0.2, 0.25) is 5.91 Å². The van der Waals surface area contributed by atoms with Crippen LogP contribution in [0, 0.1) is 18.3 Å². The van der Waals surface area contributed by atoms with Crippen molar-refractivity contribution in [3.8, 4) is 23.8 Å². The maximum atomic E-state index is 12.6. The van der Waals surface area contributed by atoms with Gasteiger partial charge in [0.1, 0.15) is 0 Å². The van der Waals surface area contributed by atoms with E-state index in [-0.39, 0.29) is 24.3 Å². The van der Waals surface area contributed by atoms with Crippen molar-refractivity contribution in [2.45, 2.75) is 12.8 Å². The zero-order valence-corrected chi connectivity index (χ0v) is 17.6. The van der Waals surface area contributed by atoms with Gasteiger partial charge < -0.3 is 20.1 Å². The summed E-state index contributed by atoms with van der Waals surface area (Å²) in [6.07, 6.45) is 6.92. The van der Waals surface area contributed by atoms with E-state index in [1.165, 1.54) is 0 Å². The predicted molar refractivity (Wildman–Crippen MR) is 120 cm³/mol. The van der Waals surface area contributed by atoms with Gasteiger partial charge in [0.05, 0.1) is 13.7 Å². The minimum atomic E-state index is -0.310. The molecule has 2 aromatic carbocycles. The molecule has 7 nitrogen and oxygen atoms in total. The number of nitrogens with one attached hydrogen (secondary N) is 2. The summed E-state index contributed by atoms with van der Waals surface area (Å²) < 4.78 is 10.7. The number of terminal acetylenes is 1. The number of ether oxygens (including phenoxy) is 2. The molecule has 0 aliphatic carbocycles. The quantitative estimate of drug-likeness (QED) is 0.641. The molecule has 0 bridgehead atoms. The Morgan fingerprint density at radius 3 is 2.42 bits per heavy atom. The van der Waals surface area contributed by atoms with Crippen molar-refractivity contribution in [1.29, 1.82) is 0 Å². The Morgan fingerprint density at radius 2 is 1.74 bits per heavy atom. The van der Waals surface area contributed by atoms with E-state index in [1.807, 2.05) is 6.07 Å². The Balaban J connectivity index is 1.50. The van der Waals surface area contributed by atoms with Crippen molar-refractivity contribution in [3.63, 3.8) is 0 Å². The third kappa shape index (κ3) is 6.49. The molecule has 1 heterocycles. The van der Waals surface area contributed by atoms with Crippen molar-refractivity contribution in [2.24, 2.45) is 5.92 Å². The van der Waals surface area contributed by atoms with Gasteiger partial charge in [-0.25, -0.2) is 0 Å². The highest BCUT2D eigenvalue weighted by Crippen LogP contribution is 2.26. The third-order valence-corrected chi connectivity index (χ3v) is 5.11. The Morgan fingerprint density at radius 1 is 1.06 bits per heavy atom. The Bertz CT molecular complexity index is 946. The number of carbonyl (C=O) groups excluding carboxylic acids is 2. The first-order chi connectivity index (χ1) is 15.1. The van der Waals surface area contributed by atoms with Crippen molar-refractivity contribution in [1.82, 2.24) is 4.90 Å². The molecule has 0 spiro atoms. The van der Waals surface area contributed by atoms with Gasteiger partial charge in [-0.05, 0) is 56.3 Å². The molecule has 2 N–H and O–H groups in total. The molecule has 0 unspecified atom stereocenters. The highest BCUT2D eigenvalue weighted by atomic mass is 16.5. The summed E-state index contributed by atoms with van der Waals surface area (Å²) in [5.41, 5.74) is 1.22. The molecule has 0 saturated carbocycles. The molecule has 0 atom stereocenters. The lowest BCUT2D eigenvalue weighted by Gasteiger charge is -2.29. The smallest absolute Gasteiger partial charge is 0.262 e. The fourth-order valence-corrected chi connectivity index (χ4v) is 3.48. The second-order valence-electron chi connectivity index (χ2n) is 7.31. The zero-order valence-electron chi connectivity index (χ0n) is 17.6. The van der Waals surface area contributed by atoms with Gasteiger partial charge in [-0.2, -0.15) is 0 Å². The molecule has 31 heavy (non-hydrogen) atoms. The maximum Gasteiger partial charge on any atom is 0.262 e. The SMILES string of the molecule is C#CCN1CCC(C(=O)Nc2cccc(NC(=O)COc3ccccc3OC)c2)CC1. The molecule has 1 aliphatic heterocycles. The first kappa shape index (κ1) is 22.2. The van der Waals surface area contributed by atoms with Crippen LogP contribution in [0.25, 0.3) is 0 Å². The highest BCUT2D eigenvalue weighted by Gasteiger charge is 2.24. The van der Waals surface area contributed by atoms with E-state index in [4.69, 9.17) is 15.9 Å². The normalized spacial score (nSPS) is 14.3. The van der Waals surface area contributed by atoms with Crippen LogP contribution >= 0.6 is 0 Å². The molecular formula is C24H27N3O4. The van der Waals surface area contributed by atoms with Crippen LogP contribution in [0.4, 0.5) is 11.4 Å². The van der Waals surface area contributed by atoms with Crippen LogP contribution in [0.1, 0.15) is 12.8 Å². The lowest BCUT2D eigenvalue weighted by Crippen LogP contribution is -2.38. The lowest BCUT2D eigenvalue weighted by atomic mass is 9.96. The van der Waals surface area contributed by atoms with E-state index >= 15 is 0 Å². The number of anilines is 2. The van der Waals surface area contributed by atoms with E-state index in [0.717, 1.165) is 25.9 Å². The summed E-state index contributed by atoms with van der Waals surface area (Å²) in [6, 6.07) is 14.2. The molecule has 7 heteroatoms. The maximum absolute atomic E-state index is 12.6. The van der Waals surface area contributed by atoms with Crippen LogP contribution < -0.4 is 20.1 Å². The molecule has 0 radical (unpaired) electrons. The van der Waals surface area contributed by atoms with E-state index < -0.39 is 0 Å². The number of methoxy groups -OCH3 is 1. The first-order valence-electron chi connectivity index (χ1n) is 10.2. The van der Waals surface area contributed by atoms with Crippen LogP contribution in [-0.4, -0.2) is 50.1 Å². The zero-order chi connectivity index (χ0) is 22.1. The van der Waals surface area contributed by atoms with Crippen molar-refractivity contribution >= 4 is 23.2 Å². The Hall–Kier alpha value is -3.50. The number of nitrogens with zero attached hydrogens (tertiary/aromatic N) is 1.